The highest BCUT2D eigenvalue weighted by molar-refractivity contribution is 5.32. The van der Waals surface area contributed by atoms with Gasteiger partial charge in [-0.15, -0.1) is 0 Å². The summed E-state index contributed by atoms with van der Waals surface area (Å²) in [5.74, 6) is 1.68. The molecule has 0 aliphatic heterocycles. The Morgan fingerprint density at radius 1 is 1.12 bits per heavy atom. The molecule has 0 saturated carbocycles. The fourth-order valence-electron chi connectivity index (χ4n) is 1.79. The number of hydrogen-bond acceptors (Lipinski definition) is 1. The molecule has 1 aromatic carbocycles. The maximum Gasteiger partial charge on any atom is 0.119 e. The van der Waals surface area contributed by atoms with E-state index in [9.17, 15) is 0 Å². The minimum absolute atomic E-state index is 0.189. The van der Waals surface area contributed by atoms with Crippen molar-refractivity contribution in [2.45, 2.75) is 52.9 Å². The van der Waals surface area contributed by atoms with E-state index in [0.717, 1.165) is 12.4 Å². The van der Waals surface area contributed by atoms with Crippen molar-refractivity contribution in [2.75, 3.05) is 6.61 Å². The van der Waals surface area contributed by atoms with Crippen molar-refractivity contribution in [3.8, 4) is 5.75 Å². The quantitative estimate of drug-likeness (QED) is 0.711. The molecule has 0 aromatic heterocycles. The van der Waals surface area contributed by atoms with Gasteiger partial charge < -0.3 is 4.74 Å². The summed E-state index contributed by atoms with van der Waals surface area (Å²) < 4.78 is 5.89. The summed E-state index contributed by atoms with van der Waals surface area (Å²) in [5.41, 5.74) is 1.52. The molecule has 0 radical (unpaired) electrons. The molecule has 0 bridgehead atoms. The first-order valence-electron chi connectivity index (χ1n) is 6.70. The van der Waals surface area contributed by atoms with E-state index in [1.807, 2.05) is 0 Å². The smallest absolute Gasteiger partial charge is 0.119 e. The van der Waals surface area contributed by atoms with E-state index >= 15 is 0 Å². The molecule has 96 valence electrons. The predicted molar refractivity (Wildman–Crippen MR) is 74.7 cm³/mol. The molecule has 0 atom stereocenters. The van der Waals surface area contributed by atoms with Crippen molar-refractivity contribution in [3.63, 3.8) is 0 Å². The lowest BCUT2D eigenvalue weighted by atomic mass is 9.87. The van der Waals surface area contributed by atoms with Gasteiger partial charge in [-0.05, 0) is 29.0 Å². The Morgan fingerprint density at radius 2 is 1.76 bits per heavy atom. The van der Waals surface area contributed by atoms with Crippen molar-refractivity contribution in [1.82, 2.24) is 0 Å². The van der Waals surface area contributed by atoms with Crippen molar-refractivity contribution >= 4 is 0 Å². The second kappa shape index (κ2) is 6.09. The van der Waals surface area contributed by atoms with Crippen LogP contribution in [0.3, 0.4) is 0 Å². The average molecular weight is 234 g/mol. The van der Waals surface area contributed by atoms with Gasteiger partial charge in [0.15, 0.2) is 0 Å². The molecule has 17 heavy (non-hydrogen) atoms. The molecule has 1 nitrogen and oxygen atoms in total. The predicted octanol–water partition coefficient (Wildman–Crippen LogP) is 4.80. The fraction of sp³-hybridized carbons (Fsp3) is 0.625. The van der Waals surface area contributed by atoms with Crippen molar-refractivity contribution < 1.29 is 4.74 Å². The Kier molecular flexibility index (Phi) is 5.04. The van der Waals surface area contributed by atoms with E-state index in [4.69, 9.17) is 4.74 Å². The van der Waals surface area contributed by atoms with E-state index in [0.29, 0.717) is 5.92 Å². The van der Waals surface area contributed by atoms with Gasteiger partial charge in [-0.25, -0.2) is 0 Å². The third-order valence-corrected chi connectivity index (χ3v) is 3.34. The molecule has 1 rings (SSSR count). The van der Waals surface area contributed by atoms with Crippen LogP contribution in [0.4, 0.5) is 0 Å². The molecule has 0 spiro atoms. The largest absolute Gasteiger partial charge is 0.493 e. The Balaban J connectivity index is 2.66. The van der Waals surface area contributed by atoms with Gasteiger partial charge in [-0.3, -0.25) is 0 Å². The zero-order chi connectivity index (χ0) is 12.9. The summed E-state index contributed by atoms with van der Waals surface area (Å²) in [4.78, 5) is 0. The molecular formula is C16H26O. The molecule has 0 saturated heterocycles. The average Bonchev–Trinajstić information content (AvgIpc) is 2.30. The highest BCUT2D eigenvalue weighted by Crippen LogP contribution is 2.26. The first-order chi connectivity index (χ1) is 7.97. The molecule has 0 aliphatic rings. The van der Waals surface area contributed by atoms with Crippen LogP contribution < -0.4 is 4.74 Å². The first kappa shape index (κ1) is 14.1. The number of benzene rings is 1. The van der Waals surface area contributed by atoms with Gasteiger partial charge in [0.2, 0.25) is 0 Å². The van der Waals surface area contributed by atoms with Crippen LogP contribution in [0.25, 0.3) is 0 Å². The zero-order valence-electron chi connectivity index (χ0n) is 11.9. The van der Waals surface area contributed by atoms with Crippen molar-refractivity contribution in [1.29, 1.82) is 0 Å². The molecule has 1 heteroatoms. The Hall–Kier alpha value is -0.980. The normalized spacial score (nSPS) is 11.9. The summed E-state index contributed by atoms with van der Waals surface area (Å²) in [7, 11) is 0. The first-order valence-corrected chi connectivity index (χ1v) is 6.70. The summed E-state index contributed by atoms with van der Waals surface area (Å²) in [6.07, 6.45) is 2.38. The van der Waals surface area contributed by atoms with Gasteiger partial charge in [0.05, 0.1) is 6.61 Å². The van der Waals surface area contributed by atoms with E-state index in [2.05, 4.69) is 58.9 Å². The molecule has 0 amide bonds. The van der Waals surface area contributed by atoms with Gasteiger partial charge in [0.1, 0.15) is 5.75 Å². The van der Waals surface area contributed by atoms with Crippen LogP contribution in [0.2, 0.25) is 0 Å². The van der Waals surface area contributed by atoms with Gasteiger partial charge in [0, 0.05) is 0 Å². The summed E-state index contributed by atoms with van der Waals surface area (Å²) in [6, 6.07) is 8.48. The van der Waals surface area contributed by atoms with Crippen LogP contribution in [0.1, 0.15) is 53.0 Å². The maximum absolute atomic E-state index is 5.89. The van der Waals surface area contributed by atoms with Gasteiger partial charge in [0.25, 0.3) is 0 Å². The standard InChI is InChI=1S/C16H26O/c1-6-13(7-2)12-17-15-10-8-9-14(11-15)16(3,4)5/h8-11,13H,6-7,12H2,1-5H3. The van der Waals surface area contributed by atoms with Crippen LogP contribution >= 0.6 is 0 Å². The minimum atomic E-state index is 0.189. The SMILES string of the molecule is CCC(CC)COc1cccc(C(C)(C)C)c1. The van der Waals surface area contributed by atoms with Crippen LogP contribution in [0.5, 0.6) is 5.75 Å². The summed E-state index contributed by atoms with van der Waals surface area (Å²) >= 11 is 0. The minimum Gasteiger partial charge on any atom is -0.493 e. The number of hydrogen-bond donors (Lipinski definition) is 0. The lowest BCUT2D eigenvalue weighted by Gasteiger charge is -2.20. The van der Waals surface area contributed by atoms with Crippen molar-refractivity contribution in [2.24, 2.45) is 5.92 Å². The molecular weight excluding hydrogens is 208 g/mol. The lowest BCUT2D eigenvalue weighted by molar-refractivity contribution is 0.240. The second-order valence-corrected chi connectivity index (χ2v) is 5.77. The Bertz CT molecular complexity index is 332. The number of rotatable bonds is 5. The van der Waals surface area contributed by atoms with Crippen LogP contribution in [0, 0.1) is 5.92 Å². The van der Waals surface area contributed by atoms with Gasteiger partial charge in [-0.1, -0.05) is 59.6 Å². The Labute approximate surface area is 106 Å². The van der Waals surface area contributed by atoms with Gasteiger partial charge in [-0.2, -0.15) is 0 Å². The lowest BCUT2D eigenvalue weighted by Crippen LogP contribution is -2.13. The van der Waals surface area contributed by atoms with E-state index < -0.39 is 0 Å². The topological polar surface area (TPSA) is 9.23 Å². The fourth-order valence-corrected chi connectivity index (χ4v) is 1.79. The highest BCUT2D eigenvalue weighted by Gasteiger charge is 2.14. The van der Waals surface area contributed by atoms with Gasteiger partial charge >= 0.3 is 0 Å². The third kappa shape index (κ3) is 4.41. The number of ether oxygens (including phenoxy) is 1. The summed E-state index contributed by atoms with van der Waals surface area (Å²) in [6.45, 7) is 12.0. The zero-order valence-corrected chi connectivity index (χ0v) is 11.9. The molecule has 0 aliphatic carbocycles. The molecule has 0 fully saturated rings. The highest BCUT2D eigenvalue weighted by atomic mass is 16.5. The van der Waals surface area contributed by atoms with Crippen LogP contribution in [-0.2, 0) is 5.41 Å². The monoisotopic (exact) mass is 234 g/mol. The Morgan fingerprint density at radius 3 is 2.29 bits per heavy atom. The maximum atomic E-state index is 5.89. The molecule has 1 aromatic rings. The van der Waals surface area contributed by atoms with E-state index in [-0.39, 0.29) is 5.41 Å². The second-order valence-electron chi connectivity index (χ2n) is 5.77. The third-order valence-electron chi connectivity index (χ3n) is 3.34. The van der Waals surface area contributed by atoms with Crippen molar-refractivity contribution in [3.05, 3.63) is 29.8 Å². The van der Waals surface area contributed by atoms with Crippen LogP contribution in [-0.4, -0.2) is 6.61 Å². The molecule has 0 N–H and O–H groups in total. The van der Waals surface area contributed by atoms with E-state index in [1.54, 1.807) is 0 Å². The van der Waals surface area contributed by atoms with Crippen LogP contribution in [0.15, 0.2) is 24.3 Å². The molecule has 0 heterocycles. The molecule has 0 unspecified atom stereocenters. The summed E-state index contributed by atoms with van der Waals surface area (Å²) in [5, 5.41) is 0. The van der Waals surface area contributed by atoms with E-state index in [1.165, 1.54) is 18.4 Å².